The Bertz CT molecular complexity index is 1110. The number of methoxy groups -OCH3 is 1. The van der Waals surface area contributed by atoms with Crippen LogP contribution in [0.15, 0.2) is 53.1 Å². The van der Waals surface area contributed by atoms with Crippen molar-refractivity contribution in [2.24, 2.45) is 5.41 Å². The Morgan fingerprint density at radius 2 is 1.88 bits per heavy atom. The van der Waals surface area contributed by atoms with Crippen LogP contribution in [0, 0.1) is 18.2 Å². The summed E-state index contributed by atoms with van der Waals surface area (Å²) >= 11 is 0. The molecule has 0 bridgehead atoms. The summed E-state index contributed by atoms with van der Waals surface area (Å²) in [4.78, 5) is 16.6. The standard InChI is InChI=1S/C25H26FNO7/c1-17-4-3-5-21(22(17)24(28)29-2)34-15-25(13-31-16-32-14-25)12-30-10-20-11-33-23(27-20)18-6-8-19(26)9-7-18/h3-9,11H,10,12-16H2,1-2H3. The minimum absolute atomic E-state index is 0.198. The van der Waals surface area contributed by atoms with Gasteiger partial charge in [-0.2, -0.15) is 0 Å². The van der Waals surface area contributed by atoms with Crippen molar-refractivity contribution in [2.45, 2.75) is 13.5 Å². The third-order valence-corrected chi connectivity index (χ3v) is 5.44. The van der Waals surface area contributed by atoms with Crippen molar-refractivity contribution in [1.29, 1.82) is 0 Å². The third-order valence-electron chi connectivity index (χ3n) is 5.44. The maximum Gasteiger partial charge on any atom is 0.341 e. The highest BCUT2D eigenvalue weighted by atomic mass is 19.1. The fourth-order valence-electron chi connectivity index (χ4n) is 3.65. The van der Waals surface area contributed by atoms with Gasteiger partial charge in [-0.05, 0) is 42.8 Å². The second-order valence-electron chi connectivity index (χ2n) is 8.19. The van der Waals surface area contributed by atoms with Crippen molar-refractivity contribution < 1.29 is 37.3 Å². The van der Waals surface area contributed by atoms with Gasteiger partial charge in [-0.25, -0.2) is 14.2 Å². The first-order valence-corrected chi connectivity index (χ1v) is 10.7. The van der Waals surface area contributed by atoms with Gasteiger partial charge >= 0.3 is 5.97 Å². The molecule has 2 heterocycles. The topological polar surface area (TPSA) is 89.3 Å². The van der Waals surface area contributed by atoms with E-state index < -0.39 is 11.4 Å². The van der Waals surface area contributed by atoms with Gasteiger partial charge in [-0.15, -0.1) is 0 Å². The molecule has 0 N–H and O–H groups in total. The molecule has 0 aliphatic carbocycles. The summed E-state index contributed by atoms with van der Waals surface area (Å²) in [5.74, 6) is 0.0261. The van der Waals surface area contributed by atoms with Gasteiger partial charge in [0.1, 0.15) is 42.5 Å². The van der Waals surface area contributed by atoms with Gasteiger partial charge in [0.15, 0.2) is 0 Å². The van der Waals surface area contributed by atoms with Gasteiger partial charge in [0.05, 0.1) is 39.0 Å². The zero-order valence-electron chi connectivity index (χ0n) is 19.0. The largest absolute Gasteiger partial charge is 0.492 e. The summed E-state index contributed by atoms with van der Waals surface area (Å²) in [7, 11) is 1.34. The molecule has 0 saturated carbocycles. The molecule has 9 heteroatoms. The van der Waals surface area contributed by atoms with Crippen molar-refractivity contribution in [2.75, 3.05) is 40.3 Å². The number of carbonyl (C=O) groups excluding carboxylic acids is 1. The predicted octanol–water partition coefficient (Wildman–Crippen LogP) is 4.16. The number of halogens is 1. The Hall–Kier alpha value is -3.27. The number of rotatable bonds is 9. The number of aryl methyl sites for hydroxylation is 1. The molecule has 180 valence electrons. The quantitative estimate of drug-likeness (QED) is 0.430. The zero-order chi connectivity index (χ0) is 24.0. The Morgan fingerprint density at radius 1 is 1.12 bits per heavy atom. The summed E-state index contributed by atoms with van der Waals surface area (Å²) in [6.45, 7) is 3.43. The number of carbonyl (C=O) groups is 1. The minimum atomic E-state index is -0.584. The molecule has 34 heavy (non-hydrogen) atoms. The van der Waals surface area contributed by atoms with Gasteiger partial charge in [0.2, 0.25) is 5.89 Å². The van der Waals surface area contributed by atoms with E-state index in [1.165, 1.54) is 25.5 Å². The van der Waals surface area contributed by atoms with Gasteiger partial charge in [-0.3, -0.25) is 0 Å². The monoisotopic (exact) mass is 471 g/mol. The van der Waals surface area contributed by atoms with Crippen molar-refractivity contribution in [1.82, 2.24) is 4.98 Å². The molecule has 1 fully saturated rings. The van der Waals surface area contributed by atoms with E-state index in [2.05, 4.69) is 4.98 Å². The van der Waals surface area contributed by atoms with Crippen LogP contribution in [-0.2, 0) is 25.6 Å². The van der Waals surface area contributed by atoms with Crippen LogP contribution in [0.2, 0.25) is 0 Å². The average molecular weight is 471 g/mol. The molecular weight excluding hydrogens is 445 g/mol. The van der Waals surface area contributed by atoms with E-state index in [1.807, 2.05) is 19.1 Å². The maximum absolute atomic E-state index is 13.1. The molecule has 1 aliphatic rings. The first-order valence-electron chi connectivity index (χ1n) is 10.7. The molecule has 1 aliphatic heterocycles. The normalized spacial score (nSPS) is 15.1. The highest BCUT2D eigenvalue weighted by molar-refractivity contribution is 5.94. The van der Waals surface area contributed by atoms with Crippen molar-refractivity contribution in [3.63, 3.8) is 0 Å². The number of hydrogen-bond acceptors (Lipinski definition) is 8. The molecule has 0 spiro atoms. The molecular formula is C25H26FNO7. The fraction of sp³-hybridized carbons (Fsp3) is 0.360. The molecule has 0 radical (unpaired) electrons. The SMILES string of the molecule is COC(=O)c1c(C)cccc1OCC1(COCc2coc(-c3ccc(F)cc3)n2)COCOC1. The Labute approximate surface area is 196 Å². The molecule has 1 aromatic heterocycles. The number of hydrogen-bond donors (Lipinski definition) is 0. The summed E-state index contributed by atoms with van der Waals surface area (Å²) in [6.07, 6.45) is 1.51. The molecule has 1 saturated heterocycles. The lowest BCUT2D eigenvalue weighted by Gasteiger charge is -2.36. The van der Waals surface area contributed by atoms with Crippen molar-refractivity contribution in [3.05, 3.63) is 71.4 Å². The van der Waals surface area contributed by atoms with Crippen LogP contribution in [0.4, 0.5) is 4.39 Å². The Kier molecular flexibility index (Phi) is 7.56. The summed E-state index contributed by atoms with van der Waals surface area (Å²) in [5.41, 5.74) is 1.83. The Morgan fingerprint density at radius 3 is 2.62 bits per heavy atom. The maximum atomic E-state index is 13.1. The number of nitrogens with zero attached hydrogens (tertiary/aromatic N) is 1. The lowest BCUT2D eigenvalue weighted by molar-refractivity contribution is -0.191. The van der Waals surface area contributed by atoms with Gasteiger partial charge in [0, 0.05) is 5.56 Å². The summed E-state index contributed by atoms with van der Waals surface area (Å²) in [6, 6.07) is 11.3. The number of ether oxygens (including phenoxy) is 5. The fourth-order valence-corrected chi connectivity index (χ4v) is 3.65. The molecule has 3 aromatic rings. The first-order chi connectivity index (χ1) is 16.5. The van der Waals surface area contributed by atoms with E-state index >= 15 is 0 Å². The molecule has 0 atom stereocenters. The highest BCUT2D eigenvalue weighted by Gasteiger charge is 2.36. The predicted molar refractivity (Wildman–Crippen MR) is 119 cm³/mol. The first kappa shape index (κ1) is 23.9. The second kappa shape index (κ2) is 10.8. The number of aromatic nitrogens is 1. The highest BCUT2D eigenvalue weighted by Crippen LogP contribution is 2.29. The molecule has 0 amide bonds. The van der Waals surface area contributed by atoms with Crippen LogP contribution < -0.4 is 4.74 Å². The van der Waals surface area contributed by atoms with E-state index in [9.17, 15) is 9.18 Å². The van der Waals surface area contributed by atoms with Crippen LogP contribution in [-0.4, -0.2) is 51.3 Å². The molecule has 4 rings (SSSR count). The average Bonchev–Trinajstić information content (AvgIpc) is 3.32. The van der Waals surface area contributed by atoms with E-state index in [1.54, 1.807) is 18.2 Å². The van der Waals surface area contributed by atoms with Gasteiger partial charge < -0.3 is 28.1 Å². The van der Waals surface area contributed by atoms with Crippen molar-refractivity contribution in [3.8, 4) is 17.2 Å². The lowest BCUT2D eigenvalue weighted by Crippen LogP contribution is -2.46. The third kappa shape index (κ3) is 5.61. The van der Waals surface area contributed by atoms with E-state index in [-0.39, 0.29) is 32.4 Å². The van der Waals surface area contributed by atoms with E-state index in [4.69, 9.17) is 28.1 Å². The molecule has 2 aromatic carbocycles. The zero-order valence-corrected chi connectivity index (χ0v) is 19.0. The Balaban J connectivity index is 1.40. The van der Waals surface area contributed by atoms with Gasteiger partial charge in [0.25, 0.3) is 0 Å². The van der Waals surface area contributed by atoms with Gasteiger partial charge in [-0.1, -0.05) is 12.1 Å². The molecule has 0 unspecified atom stereocenters. The van der Waals surface area contributed by atoms with Crippen LogP contribution in [0.1, 0.15) is 21.6 Å². The van der Waals surface area contributed by atoms with E-state index in [0.29, 0.717) is 41.7 Å². The van der Waals surface area contributed by atoms with Crippen LogP contribution >= 0.6 is 0 Å². The second-order valence-corrected chi connectivity index (χ2v) is 8.19. The number of benzene rings is 2. The van der Waals surface area contributed by atoms with E-state index in [0.717, 1.165) is 5.56 Å². The lowest BCUT2D eigenvalue weighted by atomic mass is 9.91. The molecule has 8 nitrogen and oxygen atoms in total. The number of esters is 1. The van der Waals surface area contributed by atoms with Crippen LogP contribution in [0.3, 0.4) is 0 Å². The van der Waals surface area contributed by atoms with Crippen LogP contribution in [0.25, 0.3) is 11.5 Å². The minimum Gasteiger partial charge on any atom is -0.492 e. The number of oxazole rings is 1. The summed E-state index contributed by atoms with van der Waals surface area (Å²) < 4.78 is 46.6. The summed E-state index contributed by atoms with van der Waals surface area (Å²) in [5, 5.41) is 0. The smallest absolute Gasteiger partial charge is 0.341 e. The van der Waals surface area contributed by atoms with Crippen molar-refractivity contribution >= 4 is 5.97 Å². The van der Waals surface area contributed by atoms with Crippen LogP contribution in [0.5, 0.6) is 5.75 Å².